The molecule has 0 aliphatic carbocycles. The first-order valence-electron chi connectivity index (χ1n) is 7.50. The van der Waals surface area contributed by atoms with E-state index in [-0.39, 0.29) is 0 Å². The van der Waals surface area contributed by atoms with Crippen molar-refractivity contribution in [1.29, 1.82) is 0 Å². The molecule has 22 heavy (non-hydrogen) atoms. The molecule has 3 heteroatoms. The lowest BCUT2D eigenvalue weighted by Crippen LogP contribution is -1.88. The first-order valence-corrected chi connectivity index (χ1v) is 9.95. The van der Waals surface area contributed by atoms with Gasteiger partial charge in [-0.1, -0.05) is 48.5 Å². The summed E-state index contributed by atoms with van der Waals surface area (Å²) in [4.78, 5) is 0. The standard InChI is InChI=1S/C19H21P3/c20-10-13-2-1-3-15(6-13)16-4-5-19-17(9-16)7-14(11-21)8-18(19)12-22/h1-9H,10-12,20-22H2. The maximum absolute atomic E-state index is 2.85. The second kappa shape index (κ2) is 7.19. The lowest BCUT2D eigenvalue weighted by molar-refractivity contribution is 1.37. The molecule has 0 bridgehead atoms. The highest BCUT2D eigenvalue weighted by atomic mass is 31.0. The Kier molecular flexibility index (Phi) is 5.25. The Hall–Kier alpha value is -0.790. The van der Waals surface area contributed by atoms with E-state index in [2.05, 4.69) is 82.3 Å². The molecule has 3 aromatic rings. The van der Waals surface area contributed by atoms with Crippen LogP contribution in [0.1, 0.15) is 16.7 Å². The highest BCUT2D eigenvalue weighted by Crippen LogP contribution is 2.30. The second-order valence-electron chi connectivity index (χ2n) is 5.50. The molecule has 3 aromatic carbocycles. The van der Waals surface area contributed by atoms with Crippen LogP contribution >= 0.6 is 27.7 Å². The van der Waals surface area contributed by atoms with E-state index in [4.69, 9.17) is 0 Å². The Balaban J connectivity index is 2.16. The number of benzene rings is 3. The van der Waals surface area contributed by atoms with Crippen LogP contribution in [0.15, 0.2) is 54.6 Å². The molecular formula is C19H21P3. The van der Waals surface area contributed by atoms with Gasteiger partial charge < -0.3 is 0 Å². The third-order valence-electron chi connectivity index (χ3n) is 4.05. The Bertz CT molecular complexity index is 809. The van der Waals surface area contributed by atoms with Crippen molar-refractivity contribution in [1.82, 2.24) is 0 Å². The summed E-state index contributed by atoms with van der Waals surface area (Å²) in [6, 6.07) is 20.3. The normalized spacial score (nSPS) is 11.0. The van der Waals surface area contributed by atoms with E-state index in [9.17, 15) is 0 Å². The van der Waals surface area contributed by atoms with Gasteiger partial charge in [0.1, 0.15) is 0 Å². The molecule has 0 saturated carbocycles. The fraction of sp³-hybridized carbons (Fsp3) is 0.158. The van der Waals surface area contributed by atoms with Gasteiger partial charge >= 0.3 is 0 Å². The maximum Gasteiger partial charge on any atom is -0.0122 e. The van der Waals surface area contributed by atoms with Crippen molar-refractivity contribution in [3.63, 3.8) is 0 Å². The van der Waals surface area contributed by atoms with Gasteiger partial charge in [-0.2, -0.15) is 0 Å². The van der Waals surface area contributed by atoms with Gasteiger partial charge in [0.05, 0.1) is 0 Å². The quantitative estimate of drug-likeness (QED) is 0.539. The predicted molar refractivity (Wildman–Crippen MR) is 110 cm³/mol. The monoisotopic (exact) mass is 342 g/mol. The van der Waals surface area contributed by atoms with Crippen LogP contribution in [0.3, 0.4) is 0 Å². The van der Waals surface area contributed by atoms with Gasteiger partial charge in [0.25, 0.3) is 0 Å². The lowest BCUT2D eigenvalue weighted by Gasteiger charge is -2.10. The third-order valence-corrected chi connectivity index (χ3v) is 5.43. The molecule has 0 heterocycles. The van der Waals surface area contributed by atoms with E-state index in [1.807, 2.05) is 0 Å². The van der Waals surface area contributed by atoms with Crippen molar-refractivity contribution >= 4 is 38.5 Å². The number of rotatable bonds is 4. The molecule has 0 aliphatic heterocycles. The Morgan fingerprint density at radius 3 is 2.14 bits per heavy atom. The topological polar surface area (TPSA) is 0 Å². The molecule has 0 spiro atoms. The Labute approximate surface area is 139 Å². The summed E-state index contributed by atoms with van der Waals surface area (Å²) in [6.45, 7) is 0. The van der Waals surface area contributed by atoms with Gasteiger partial charge in [-0.05, 0) is 63.1 Å². The minimum Gasteiger partial charge on any atom is -0.133 e. The SMILES string of the molecule is PCc1cccc(-c2ccc3c(CP)cc(CP)cc3c2)c1. The van der Waals surface area contributed by atoms with Crippen molar-refractivity contribution in [2.45, 2.75) is 18.5 Å². The molecule has 0 N–H and O–H groups in total. The van der Waals surface area contributed by atoms with Crippen molar-refractivity contribution in [3.05, 3.63) is 71.3 Å². The van der Waals surface area contributed by atoms with Crippen LogP contribution in [-0.4, -0.2) is 0 Å². The van der Waals surface area contributed by atoms with Crippen molar-refractivity contribution < 1.29 is 0 Å². The van der Waals surface area contributed by atoms with E-state index in [1.165, 1.54) is 38.6 Å². The van der Waals surface area contributed by atoms with E-state index >= 15 is 0 Å². The molecule has 0 saturated heterocycles. The first kappa shape index (κ1) is 16.1. The fourth-order valence-electron chi connectivity index (χ4n) is 2.86. The van der Waals surface area contributed by atoms with Crippen LogP contribution in [0.5, 0.6) is 0 Å². The zero-order valence-electron chi connectivity index (χ0n) is 12.5. The first-order chi connectivity index (χ1) is 10.7. The molecule has 0 amide bonds. The molecule has 3 unspecified atom stereocenters. The average Bonchev–Trinajstić information content (AvgIpc) is 2.60. The summed E-state index contributed by atoms with van der Waals surface area (Å²) in [5, 5.41) is 2.70. The maximum atomic E-state index is 2.85. The zero-order valence-corrected chi connectivity index (χ0v) is 16.0. The predicted octanol–water partition coefficient (Wildman–Crippen LogP) is 5.63. The summed E-state index contributed by atoms with van der Waals surface area (Å²) in [5.41, 5.74) is 6.73. The van der Waals surface area contributed by atoms with Gasteiger partial charge in [-0.3, -0.25) is 0 Å². The summed E-state index contributed by atoms with van der Waals surface area (Å²) in [6.07, 6.45) is 2.99. The van der Waals surface area contributed by atoms with Crippen molar-refractivity contribution in [2.24, 2.45) is 0 Å². The molecular weight excluding hydrogens is 321 g/mol. The minimum atomic E-state index is 0.996. The molecule has 0 fully saturated rings. The van der Waals surface area contributed by atoms with Crippen LogP contribution in [0.4, 0.5) is 0 Å². The van der Waals surface area contributed by atoms with Crippen molar-refractivity contribution in [2.75, 3.05) is 0 Å². The second-order valence-corrected chi connectivity index (χ2v) is 6.73. The van der Waals surface area contributed by atoms with Gasteiger partial charge in [0, 0.05) is 0 Å². The van der Waals surface area contributed by atoms with Crippen LogP contribution < -0.4 is 0 Å². The average molecular weight is 342 g/mol. The molecule has 0 radical (unpaired) electrons. The summed E-state index contributed by atoms with van der Waals surface area (Å²) >= 11 is 0. The van der Waals surface area contributed by atoms with Crippen molar-refractivity contribution in [3.8, 4) is 11.1 Å². The van der Waals surface area contributed by atoms with Gasteiger partial charge in [0.15, 0.2) is 0 Å². The lowest BCUT2D eigenvalue weighted by atomic mass is 9.96. The van der Waals surface area contributed by atoms with E-state index in [0.29, 0.717) is 0 Å². The summed E-state index contributed by atoms with van der Waals surface area (Å²) in [7, 11) is 8.47. The molecule has 0 aliphatic rings. The number of hydrogen-bond acceptors (Lipinski definition) is 0. The van der Waals surface area contributed by atoms with Gasteiger partial charge in [0.2, 0.25) is 0 Å². The molecule has 3 atom stereocenters. The van der Waals surface area contributed by atoms with Crippen LogP contribution in [-0.2, 0) is 18.5 Å². The zero-order chi connectivity index (χ0) is 15.5. The third kappa shape index (κ3) is 3.26. The van der Waals surface area contributed by atoms with Crippen LogP contribution in [0, 0.1) is 0 Å². The summed E-state index contributed by atoms with van der Waals surface area (Å²) < 4.78 is 0. The Morgan fingerprint density at radius 1 is 0.636 bits per heavy atom. The van der Waals surface area contributed by atoms with E-state index < -0.39 is 0 Å². The van der Waals surface area contributed by atoms with E-state index in [1.54, 1.807) is 0 Å². The largest absolute Gasteiger partial charge is 0.133 e. The Morgan fingerprint density at radius 2 is 1.41 bits per heavy atom. The number of hydrogen-bond donors (Lipinski definition) is 0. The summed E-state index contributed by atoms with van der Waals surface area (Å²) in [5.74, 6) is 0. The highest BCUT2D eigenvalue weighted by molar-refractivity contribution is 7.15. The molecule has 0 aromatic heterocycles. The fourth-order valence-corrected chi connectivity index (χ4v) is 3.69. The van der Waals surface area contributed by atoms with Gasteiger partial charge in [-0.25, -0.2) is 0 Å². The highest BCUT2D eigenvalue weighted by Gasteiger charge is 2.05. The smallest absolute Gasteiger partial charge is 0.0122 e. The minimum absolute atomic E-state index is 0.996. The molecule has 3 rings (SSSR count). The van der Waals surface area contributed by atoms with E-state index in [0.717, 1.165) is 18.5 Å². The van der Waals surface area contributed by atoms with Crippen LogP contribution in [0.25, 0.3) is 21.9 Å². The molecule has 0 nitrogen and oxygen atoms in total. The van der Waals surface area contributed by atoms with Gasteiger partial charge in [-0.15, -0.1) is 27.7 Å². The van der Waals surface area contributed by atoms with Crippen LogP contribution in [0.2, 0.25) is 0 Å². The number of fused-ring (bicyclic) bond motifs is 1. The molecule has 112 valence electrons.